The molecule has 0 aromatic rings. The summed E-state index contributed by atoms with van der Waals surface area (Å²) in [6.45, 7) is 9.63. The van der Waals surface area contributed by atoms with Crippen LogP contribution in [0.5, 0.6) is 0 Å². The fourth-order valence-corrected chi connectivity index (χ4v) is 13.2. The molecular formula is C76H148O17P2. The Morgan fingerprint density at radius 3 is 0.800 bits per heavy atom. The van der Waals surface area contributed by atoms with Gasteiger partial charge in [0.05, 0.1) is 26.4 Å². The standard InChI is InChI=1S/C76H148O17P2/c1-7-10-12-14-16-18-20-24-29-33-40-46-52-58-73(78)86-64-71(92-76(81)61-55-49-43-35-31-27-23-22-26-28-32-38-44-50-56-68(4)5)66-90-94(82,83)88-62-70(77)63-89-95(84,85)91-67-72(65-87-74(79)59-53-47-41-37-36-39-45-51-57-69(6)9-3)93-75(80)60-54-48-42-34-30-25-21-19-17-15-13-11-8-2/h68-72,77H,7-67H2,1-6H3,(H,82,83)(H,84,85)/t69?,70-,71-,72-/m1/s1. The second-order valence-corrected chi connectivity index (χ2v) is 31.0. The summed E-state index contributed by atoms with van der Waals surface area (Å²) in [5.74, 6) is -0.540. The normalized spacial score (nSPS) is 14.3. The number of hydrogen-bond acceptors (Lipinski definition) is 15. The van der Waals surface area contributed by atoms with E-state index in [0.29, 0.717) is 25.7 Å². The van der Waals surface area contributed by atoms with Crippen molar-refractivity contribution in [3.05, 3.63) is 0 Å². The van der Waals surface area contributed by atoms with E-state index in [4.69, 9.17) is 37.0 Å². The fourth-order valence-electron chi connectivity index (χ4n) is 11.6. The zero-order valence-corrected chi connectivity index (χ0v) is 63.8. The molecule has 6 atom stereocenters. The van der Waals surface area contributed by atoms with Gasteiger partial charge in [-0.25, -0.2) is 9.13 Å². The molecule has 19 heteroatoms. The summed E-state index contributed by atoms with van der Waals surface area (Å²) in [6.07, 6.45) is 55.2. The van der Waals surface area contributed by atoms with Gasteiger partial charge in [-0.1, -0.05) is 343 Å². The average molecular weight is 1400 g/mol. The predicted octanol–water partition coefficient (Wildman–Crippen LogP) is 22.3. The summed E-state index contributed by atoms with van der Waals surface area (Å²) >= 11 is 0. The van der Waals surface area contributed by atoms with E-state index in [1.807, 2.05) is 0 Å². The topological polar surface area (TPSA) is 237 Å². The van der Waals surface area contributed by atoms with Gasteiger partial charge in [0, 0.05) is 25.7 Å². The Bertz CT molecular complexity index is 1840. The van der Waals surface area contributed by atoms with Crippen molar-refractivity contribution in [2.45, 2.75) is 413 Å². The van der Waals surface area contributed by atoms with Crippen molar-refractivity contribution in [2.75, 3.05) is 39.6 Å². The summed E-state index contributed by atoms with van der Waals surface area (Å²) in [5.41, 5.74) is 0. The smallest absolute Gasteiger partial charge is 0.462 e. The first kappa shape index (κ1) is 93.1. The third-order valence-electron chi connectivity index (χ3n) is 18.1. The molecule has 0 amide bonds. The van der Waals surface area contributed by atoms with Crippen LogP contribution in [-0.2, 0) is 65.4 Å². The molecule has 0 aromatic carbocycles. The van der Waals surface area contributed by atoms with E-state index < -0.39 is 97.5 Å². The number of rotatable bonds is 75. The molecule has 3 N–H and O–H groups in total. The van der Waals surface area contributed by atoms with Crippen molar-refractivity contribution >= 4 is 39.5 Å². The van der Waals surface area contributed by atoms with Crippen molar-refractivity contribution in [3.8, 4) is 0 Å². The first-order valence-electron chi connectivity index (χ1n) is 39.5. The number of phosphoric ester groups is 2. The molecule has 0 saturated carbocycles. The molecule has 0 saturated heterocycles. The van der Waals surface area contributed by atoms with Crippen LogP contribution in [0.1, 0.15) is 395 Å². The summed E-state index contributed by atoms with van der Waals surface area (Å²) in [6, 6.07) is 0. The highest BCUT2D eigenvalue weighted by Gasteiger charge is 2.30. The van der Waals surface area contributed by atoms with Gasteiger partial charge in [-0.2, -0.15) is 0 Å². The van der Waals surface area contributed by atoms with Gasteiger partial charge in [-0.15, -0.1) is 0 Å². The van der Waals surface area contributed by atoms with Crippen molar-refractivity contribution in [2.24, 2.45) is 11.8 Å². The maximum Gasteiger partial charge on any atom is 0.472 e. The minimum atomic E-state index is -4.96. The van der Waals surface area contributed by atoms with Crippen LogP contribution in [0, 0.1) is 11.8 Å². The van der Waals surface area contributed by atoms with Crippen molar-refractivity contribution in [1.29, 1.82) is 0 Å². The quantitative estimate of drug-likeness (QED) is 0.0222. The number of aliphatic hydroxyl groups is 1. The van der Waals surface area contributed by atoms with E-state index in [-0.39, 0.29) is 25.7 Å². The van der Waals surface area contributed by atoms with Crippen LogP contribution in [-0.4, -0.2) is 96.7 Å². The molecular weight excluding hydrogens is 1250 g/mol. The maximum absolute atomic E-state index is 13.1. The monoisotopic (exact) mass is 1400 g/mol. The molecule has 0 aliphatic heterocycles. The number of esters is 4. The van der Waals surface area contributed by atoms with E-state index in [0.717, 1.165) is 102 Å². The molecule has 0 radical (unpaired) electrons. The van der Waals surface area contributed by atoms with Gasteiger partial charge in [-0.05, 0) is 37.5 Å². The third-order valence-corrected chi connectivity index (χ3v) is 20.0. The highest BCUT2D eigenvalue weighted by atomic mass is 31.2. The molecule has 0 aliphatic carbocycles. The van der Waals surface area contributed by atoms with Crippen LogP contribution in [0.15, 0.2) is 0 Å². The van der Waals surface area contributed by atoms with Gasteiger partial charge in [0.1, 0.15) is 19.3 Å². The number of phosphoric acid groups is 2. The fraction of sp³-hybridized carbons (Fsp3) is 0.947. The summed E-state index contributed by atoms with van der Waals surface area (Å²) in [7, 11) is -9.91. The lowest BCUT2D eigenvalue weighted by Crippen LogP contribution is -2.30. The number of ether oxygens (including phenoxy) is 4. The third kappa shape index (κ3) is 69.0. The van der Waals surface area contributed by atoms with Crippen LogP contribution in [0.2, 0.25) is 0 Å². The molecule has 0 fully saturated rings. The van der Waals surface area contributed by atoms with Crippen LogP contribution in [0.4, 0.5) is 0 Å². The van der Waals surface area contributed by atoms with Gasteiger partial charge >= 0.3 is 39.5 Å². The van der Waals surface area contributed by atoms with E-state index in [2.05, 4.69) is 41.5 Å². The molecule has 3 unspecified atom stereocenters. The largest absolute Gasteiger partial charge is 0.472 e. The predicted molar refractivity (Wildman–Crippen MR) is 386 cm³/mol. The Hall–Kier alpha value is -1.94. The van der Waals surface area contributed by atoms with E-state index in [1.54, 1.807) is 0 Å². The average Bonchev–Trinajstić information content (AvgIpc) is 1.47. The molecule has 564 valence electrons. The van der Waals surface area contributed by atoms with Gasteiger partial charge in [0.25, 0.3) is 0 Å². The summed E-state index contributed by atoms with van der Waals surface area (Å²) < 4.78 is 68.6. The molecule has 0 rings (SSSR count). The zero-order chi connectivity index (χ0) is 70.0. The summed E-state index contributed by atoms with van der Waals surface area (Å²) in [4.78, 5) is 72.8. The highest BCUT2D eigenvalue weighted by Crippen LogP contribution is 2.45. The Morgan fingerprint density at radius 2 is 0.537 bits per heavy atom. The van der Waals surface area contributed by atoms with E-state index in [1.165, 1.54) is 212 Å². The van der Waals surface area contributed by atoms with Crippen LogP contribution >= 0.6 is 15.6 Å². The molecule has 95 heavy (non-hydrogen) atoms. The van der Waals surface area contributed by atoms with Gasteiger partial charge in [-0.3, -0.25) is 37.3 Å². The zero-order valence-electron chi connectivity index (χ0n) is 62.0. The molecule has 0 aliphatic rings. The number of carbonyl (C=O) groups excluding carboxylic acids is 4. The van der Waals surface area contributed by atoms with Gasteiger partial charge in [0.15, 0.2) is 12.2 Å². The highest BCUT2D eigenvalue weighted by molar-refractivity contribution is 7.47. The number of aliphatic hydroxyl groups excluding tert-OH is 1. The van der Waals surface area contributed by atoms with E-state index in [9.17, 15) is 43.2 Å². The van der Waals surface area contributed by atoms with Crippen molar-refractivity contribution in [3.63, 3.8) is 0 Å². The second kappa shape index (κ2) is 67.9. The van der Waals surface area contributed by atoms with Crippen LogP contribution in [0.3, 0.4) is 0 Å². The van der Waals surface area contributed by atoms with Crippen molar-refractivity contribution < 1.29 is 80.2 Å². The van der Waals surface area contributed by atoms with Crippen molar-refractivity contribution in [1.82, 2.24) is 0 Å². The Balaban J connectivity index is 5.26. The number of carbonyl (C=O) groups is 4. The molecule has 0 aromatic heterocycles. The molecule has 0 heterocycles. The van der Waals surface area contributed by atoms with Gasteiger partial charge < -0.3 is 33.8 Å². The molecule has 0 bridgehead atoms. The van der Waals surface area contributed by atoms with Crippen LogP contribution in [0.25, 0.3) is 0 Å². The lowest BCUT2D eigenvalue weighted by atomic mass is 9.99. The Labute approximate surface area is 581 Å². The number of unbranched alkanes of at least 4 members (excludes halogenated alkanes) is 44. The SMILES string of the molecule is CCCCCCCCCCCCCCCC(=O)OC[C@H](COP(=O)(O)OC[C@@H](O)COP(=O)(O)OC[C@@H](COC(=O)CCCCCCCCCCC(C)CC)OC(=O)CCCCCCCCCCCCCCC)OC(=O)CCCCCCCCCCCCCCCCC(C)C. The Morgan fingerprint density at radius 1 is 0.305 bits per heavy atom. The van der Waals surface area contributed by atoms with E-state index >= 15 is 0 Å². The summed E-state index contributed by atoms with van der Waals surface area (Å²) in [5, 5.41) is 10.6. The first-order chi connectivity index (χ1) is 45.9. The number of hydrogen-bond donors (Lipinski definition) is 3. The lowest BCUT2D eigenvalue weighted by molar-refractivity contribution is -0.161. The second-order valence-electron chi connectivity index (χ2n) is 28.1. The van der Waals surface area contributed by atoms with Crippen LogP contribution < -0.4 is 0 Å². The molecule has 17 nitrogen and oxygen atoms in total. The Kier molecular flexibility index (Phi) is 66.5. The molecule has 0 spiro atoms. The minimum Gasteiger partial charge on any atom is -0.462 e. The lowest BCUT2D eigenvalue weighted by Gasteiger charge is -2.21. The minimum absolute atomic E-state index is 0.107. The van der Waals surface area contributed by atoms with Gasteiger partial charge in [0.2, 0.25) is 0 Å². The maximum atomic E-state index is 13.1. The first-order valence-corrected chi connectivity index (χ1v) is 42.5.